The summed E-state index contributed by atoms with van der Waals surface area (Å²) in [6.07, 6.45) is 1.64. The molecule has 0 fully saturated rings. The van der Waals surface area contributed by atoms with Crippen LogP contribution in [-0.4, -0.2) is 31.3 Å². The second kappa shape index (κ2) is 6.83. The number of rotatable bonds is 6. The third kappa shape index (κ3) is 3.68. The van der Waals surface area contributed by atoms with E-state index in [0.29, 0.717) is 10.2 Å². The van der Waals surface area contributed by atoms with E-state index in [9.17, 15) is 10.1 Å². The normalized spacial score (nSPS) is 12.3. The first kappa shape index (κ1) is 15.7. The van der Waals surface area contributed by atoms with Crippen LogP contribution in [0.2, 0.25) is 0 Å². The Morgan fingerprint density at radius 1 is 1.57 bits per heavy atom. The molecule has 0 aliphatic rings. The van der Waals surface area contributed by atoms with Gasteiger partial charge in [-0.1, -0.05) is 11.8 Å². The van der Waals surface area contributed by atoms with Crippen LogP contribution in [0.1, 0.15) is 36.5 Å². The molecule has 21 heavy (non-hydrogen) atoms. The van der Waals surface area contributed by atoms with Crippen molar-refractivity contribution in [1.82, 2.24) is 19.7 Å². The van der Waals surface area contributed by atoms with E-state index in [1.165, 1.54) is 23.1 Å². The zero-order valence-corrected chi connectivity index (χ0v) is 13.6. The van der Waals surface area contributed by atoms with Crippen molar-refractivity contribution in [3.63, 3.8) is 0 Å². The zero-order chi connectivity index (χ0) is 15.4. The van der Waals surface area contributed by atoms with Crippen LogP contribution in [0.25, 0.3) is 0 Å². The third-order valence-corrected chi connectivity index (χ3v) is 4.78. The molecule has 0 N–H and O–H groups in total. The van der Waals surface area contributed by atoms with E-state index in [1.807, 2.05) is 36.8 Å². The van der Waals surface area contributed by atoms with Crippen LogP contribution in [-0.2, 0) is 4.79 Å². The summed E-state index contributed by atoms with van der Waals surface area (Å²) in [7, 11) is 0. The Kier molecular flexibility index (Phi) is 5.09. The SMILES string of the molecule is Cc1csc([C@H](C#N)C(=O)CSc2nncn2C(C)C)n1. The molecule has 1 atom stereocenters. The van der Waals surface area contributed by atoms with Crippen LogP contribution in [0.5, 0.6) is 0 Å². The standard InChI is InChI=1S/C13H15N5OS2/c1-8(2)18-7-15-17-13(18)21-6-11(19)10(4-14)12-16-9(3)5-20-12/h5,7-8,10H,6H2,1-3H3/t10-/m1/s1. The topological polar surface area (TPSA) is 84.5 Å². The Morgan fingerprint density at radius 3 is 2.90 bits per heavy atom. The molecule has 8 heteroatoms. The number of thiazole rings is 1. The number of aryl methyl sites for hydroxylation is 1. The zero-order valence-electron chi connectivity index (χ0n) is 12.0. The first-order valence-electron chi connectivity index (χ1n) is 6.39. The predicted octanol–water partition coefficient (Wildman–Crippen LogP) is 2.59. The Morgan fingerprint density at radius 2 is 2.33 bits per heavy atom. The van der Waals surface area contributed by atoms with Crippen LogP contribution in [0, 0.1) is 18.3 Å². The van der Waals surface area contributed by atoms with E-state index in [4.69, 9.17) is 0 Å². The van der Waals surface area contributed by atoms with Gasteiger partial charge in [0.2, 0.25) is 0 Å². The fourth-order valence-electron chi connectivity index (χ4n) is 1.68. The van der Waals surface area contributed by atoms with Crippen LogP contribution in [0.3, 0.4) is 0 Å². The van der Waals surface area contributed by atoms with E-state index >= 15 is 0 Å². The maximum atomic E-state index is 12.2. The largest absolute Gasteiger partial charge is 0.306 e. The fourth-order valence-corrected chi connectivity index (χ4v) is 3.49. The molecule has 0 saturated heterocycles. The molecule has 0 spiro atoms. The molecule has 0 aliphatic heterocycles. The lowest BCUT2D eigenvalue weighted by Gasteiger charge is -2.09. The molecule has 2 aromatic heterocycles. The van der Waals surface area contributed by atoms with Gasteiger partial charge in [-0.05, 0) is 20.8 Å². The van der Waals surface area contributed by atoms with Crippen molar-refractivity contribution in [2.45, 2.75) is 37.9 Å². The molecule has 2 heterocycles. The maximum Gasteiger partial charge on any atom is 0.191 e. The van der Waals surface area contributed by atoms with Crippen LogP contribution >= 0.6 is 23.1 Å². The van der Waals surface area contributed by atoms with Gasteiger partial charge in [-0.15, -0.1) is 21.5 Å². The van der Waals surface area contributed by atoms with Gasteiger partial charge in [0, 0.05) is 17.1 Å². The van der Waals surface area contributed by atoms with Gasteiger partial charge in [-0.2, -0.15) is 5.26 Å². The summed E-state index contributed by atoms with van der Waals surface area (Å²) < 4.78 is 1.90. The lowest BCUT2D eigenvalue weighted by molar-refractivity contribution is -0.116. The molecule has 0 unspecified atom stereocenters. The van der Waals surface area contributed by atoms with Crippen molar-refractivity contribution in [3.8, 4) is 6.07 Å². The number of ketones is 1. The second-order valence-electron chi connectivity index (χ2n) is 4.76. The molecular weight excluding hydrogens is 306 g/mol. The van der Waals surface area contributed by atoms with Gasteiger partial charge >= 0.3 is 0 Å². The fraction of sp³-hybridized carbons (Fsp3) is 0.462. The number of nitrogens with zero attached hydrogens (tertiary/aromatic N) is 5. The van der Waals surface area contributed by atoms with Crippen molar-refractivity contribution < 1.29 is 4.79 Å². The number of nitriles is 1. The van der Waals surface area contributed by atoms with Crippen molar-refractivity contribution >= 4 is 28.9 Å². The van der Waals surface area contributed by atoms with E-state index in [-0.39, 0.29) is 17.6 Å². The van der Waals surface area contributed by atoms with Gasteiger partial charge in [0.1, 0.15) is 11.3 Å². The smallest absolute Gasteiger partial charge is 0.191 e. The van der Waals surface area contributed by atoms with E-state index in [0.717, 1.165) is 5.69 Å². The summed E-state index contributed by atoms with van der Waals surface area (Å²) in [4.78, 5) is 16.5. The Bertz CT molecular complexity index is 670. The third-order valence-electron chi connectivity index (χ3n) is 2.77. The Balaban J connectivity index is 2.04. The van der Waals surface area contributed by atoms with Gasteiger partial charge in [-0.25, -0.2) is 4.98 Å². The van der Waals surface area contributed by atoms with Crippen molar-refractivity contribution in [2.75, 3.05) is 5.75 Å². The summed E-state index contributed by atoms with van der Waals surface area (Å²) in [5.74, 6) is -0.774. The lowest BCUT2D eigenvalue weighted by Crippen LogP contribution is -2.14. The number of Topliss-reactive ketones (excluding diaryl/α,β-unsaturated/α-hetero) is 1. The quantitative estimate of drug-likeness (QED) is 0.760. The molecular formula is C13H15N5OS2. The molecule has 6 nitrogen and oxygen atoms in total. The van der Waals surface area contributed by atoms with Gasteiger partial charge in [0.05, 0.1) is 11.8 Å². The van der Waals surface area contributed by atoms with Crippen molar-refractivity contribution in [1.29, 1.82) is 5.26 Å². The van der Waals surface area contributed by atoms with Crippen molar-refractivity contribution in [3.05, 3.63) is 22.4 Å². The molecule has 0 saturated carbocycles. The molecule has 0 radical (unpaired) electrons. The van der Waals surface area contributed by atoms with E-state index in [1.54, 1.807) is 6.33 Å². The van der Waals surface area contributed by atoms with Crippen LogP contribution in [0.15, 0.2) is 16.9 Å². The van der Waals surface area contributed by atoms with Crippen LogP contribution in [0.4, 0.5) is 0 Å². The molecule has 2 aromatic rings. The number of thioether (sulfide) groups is 1. The summed E-state index contributed by atoms with van der Waals surface area (Å²) in [5.41, 5.74) is 0.829. The number of hydrogen-bond acceptors (Lipinski definition) is 7. The molecule has 0 amide bonds. The number of hydrogen-bond donors (Lipinski definition) is 0. The monoisotopic (exact) mass is 321 g/mol. The van der Waals surface area contributed by atoms with E-state index < -0.39 is 5.92 Å². The minimum Gasteiger partial charge on any atom is -0.306 e. The minimum atomic E-state index is -0.799. The number of aromatic nitrogens is 4. The maximum absolute atomic E-state index is 12.2. The van der Waals surface area contributed by atoms with Gasteiger partial charge in [0.15, 0.2) is 16.9 Å². The average molecular weight is 321 g/mol. The van der Waals surface area contributed by atoms with E-state index in [2.05, 4.69) is 15.2 Å². The highest BCUT2D eigenvalue weighted by Gasteiger charge is 2.24. The van der Waals surface area contributed by atoms with Crippen LogP contribution < -0.4 is 0 Å². The first-order valence-corrected chi connectivity index (χ1v) is 8.26. The van der Waals surface area contributed by atoms with Gasteiger partial charge in [0.25, 0.3) is 0 Å². The Hall–Kier alpha value is -1.72. The first-order chi connectivity index (χ1) is 10.0. The molecule has 0 aliphatic carbocycles. The number of carbonyl (C=O) groups is 1. The highest BCUT2D eigenvalue weighted by molar-refractivity contribution is 7.99. The highest BCUT2D eigenvalue weighted by Crippen LogP contribution is 2.25. The Labute approximate surface area is 131 Å². The van der Waals surface area contributed by atoms with Crippen molar-refractivity contribution in [2.24, 2.45) is 0 Å². The molecule has 0 bridgehead atoms. The van der Waals surface area contributed by atoms with Gasteiger partial charge in [-0.3, -0.25) is 4.79 Å². The molecule has 110 valence electrons. The summed E-state index contributed by atoms with van der Waals surface area (Å²) >= 11 is 2.65. The molecule has 2 rings (SSSR count). The summed E-state index contributed by atoms with van der Waals surface area (Å²) in [6, 6.07) is 2.27. The van der Waals surface area contributed by atoms with Gasteiger partial charge < -0.3 is 4.57 Å². The highest BCUT2D eigenvalue weighted by atomic mass is 32.2. The average Bonchev–Trinajstić information content (AvgIpc) is 3.06. The second-order valence-corrected chi connectivity index (χ2v) is 6.59. The molecule has 0 aromatic carbocycles. The summed E-state index contributed by atoms with van der Waals surface area (Å²) in [5, 5.41) is 20.2. The number of carbonyl (C=O) groups excluding carboxylic acids is 1. The summed E-state index contributed by atoms with van der Waals surface area (Å²) in [6.45, 7) is 5.89. The minimum absolute atomic E-state index is 0.157. The lowest BCUT2D eigenvalue weighted by atomic mass is 10.1. The predicted molar refractivity (Wildman–Crippen MR) is 81.3 cm³/mol.